The zero-order valence-corrected chi connectivity index (χ0v) is 14.9. The van der Waals surface area contributed by atoms with Crippen LogP contribution in [0.4, 0.5) is 0 Å². The minimum absolute atomic E-state index is 1.15. The first-order valence-electron chi connectivity index (χ1n) is 8.92. The van der Waals surface area contributed by atoms with Crippen molar-refractivity contribution in [2.45, 2.75) is 53.4 Å². The van der Waals surface area contributed by atoms with Gasteiger partial charge in [0.15, 0.2) is 0 Å². The maximum atomic E-state index is 2.42. The second-order valence-corrected chi connectivity index (χ2v) is 6.84. The average molecular weight is 303 g/mol. The number of allylic oxidation sites excluding steroid dienone is 1. The van der Waals surface area contributed by atoms with Gasteiger partial charge in [0, 0.05) is 6.42 Å². The zero-order valence-electron chi connectivity index (χ0n) is 14.9. The van der Waals surface area contributed by atoms with Gasteiger partial charge in [-0.3, -0.25) is 0 Å². The van der Waals surface area contributed by atoms with Crippen LogP contribution in [0.5, 0.6) is 0 Å². The Hall–Kier alpha value is -1.82. The Labute approximate surface area is 141 Å². The topological polar surface area (TPSA) is 0 Å². The highest BCUT2D eigenvalue weighted by atomic mass is 14.2. The standard InChI is InChI=1S/C23H27/c1-5-7-18-14-20-10-9-19(8-6-2)23(22(20)15-18)21-12-16(3)11-17(4)13-21/h9-15H,5-8H2,1-4H3. The Morgan fingerprint density at radius 2 is 1.52 bits per heavy atom. The predicted molar refractivity (Wildman–Crippen MR) is 102 cm³/mol. The van der Waals surface area contributed by atoms with Gasteiger partial charge in [0.1, 0.15) is 0 Å². The van der Waals surface area contributed by atoms with E-state index in [-0.39, 0.29) is 0 Å². The van der Waals surface area contributed by atoms with E-state index in [1.165, 1.54) is 63.8 Å². The van der Waals surface area contributed by atoms with E-state index in [4.69, 9.17) is 0 Å². The number of hydrogen-bond acceptors (Lipinski definition) is 0. The molecule has 2 aromatic carbocycles. The van der Waals surface area contributed by atoms with Crippen LogP contribution in [0.2, 0.25) is 0 Å². The molecule has 0 aliphatic heterocycles. The Balaban J connectivity index is 2.19. The van der Waals surface area contributed by atoms with Gasteiger partial charge >= 0.3 is 0 Å². The molecule has 119 valence electrons. The molecule has 0 saturated heterocycles. The van der Waals surface area contributed by atoms with Crippen molar-refractivity contribution in [2.24, 2.45) is 0 Å². The molecule has 0 nitrogen and oxygen atoms in total. The van der Waals surface area contributed by atoms with Crippen LogP contribution < -0.4 is 0 Å². The summed E-state index contributed by atoms with van der Waals surface area (Å²) in [5, 5.41) is 0. The van der Waals surface area contributed by atoms with E-state index in [0.717, 1.165) is 6.42 Å². The fourth-order valence-electron chi connectivity index (χ4n) is 3.76. The second-order valence-electron chi connectivity index (χ2n) is 6.84. The molecule has 0 N–H and O–H groups in total. The summed E-state index contributed by atoms with van der Waals surface area (Å²) in [4.78, 5) is 0. The van der Waals surface area contributed by atoms with Crippen LogP contribution in [-0.2, 0) is 6.42 Å². The highest BCUT2D eigenvalue weighted by Gasteiger charge is 2.19. The maximum Gasteiger partial charge on any atom is 0.0164 e. The molecule has 2 aromatic rings. The summed E-state index contributed by atoms with van der Waals surface area (Å²) in [5.41, 5.74) is 11.3. The smallest absolute Gasteiger partial charge is 0.0164 e. The molecule has 0 aromatic heterocycles. The molecule has 0 fully saturated rings. The lowest BCUT2D eigenvalue weighted by atomic mass is 9.89. The van der Waals surface area contributed by atoms with Crippen LogP contribution in [0.3, 0.4) is 0 Å². The van der Waals surface area contributed by atoms with Gasteiger partial charge in [0.2, 0.25) is 0 Å². The van der Waals surface area contributed by atoms with Crippen molar-refractivity contribution in [3.63, 3.8) is 0 Å². The summed E-state index contributed by atoms with van der Waals surface area (Å²) in [6.07, 6.45) is 9.51. The largest absolute Gasteiger partial charge is 0.0651 e. The number of aryl methyl sites for hydroxylation is 3. The average Bonchev–Trinajstić information content (AvgIpc) is 2.89. The molecule has 0 unspecified atom stereocenters. The summed E-state index contributed by atoms with van der Waals surface area (Å²) in [7, 11) is 0. The first-order chi connectivity index (χ1) is 11.1. The van der Waals surface area contributed by atoms with Gasteiger partial charge in [0.25, 0.3) is 0 Å². The lowest BCUT2D eigenvalue weighted by molar-refractivity contribution is 0.921. The molecule has 0 spiro atoms. The van der Waals surface area contributed by atoms with E-state index in [1.54, 1.807) is 0 Å². The van der Waals surface area contributed by atoms with Gasteiger partial charge in [-0.15, -0.1) is 0 Å². The van der Waals surface area contributed by atoms with Crippen molar-refractivity contribution < 1.29 is 0 Å². The van der Waals surface area contributed by atoms with Crippen molar-refractivity contribution in [3.05, 3.63) is 70.1 Å². The highest BCUT2D eigenvalue weighted by molar-refractivity contribution is 5.85. The van der Waals surface area contributed by atoms with Crippen molar-refractivity contribution >= 4 is 6.08 Å². The number of benzene rings is 2. The number of fused-ring (bicyclic) bond motifs is 1. The number of rotatable bonds is 5. The van der Waals surface area contributed by atoms with Crippen LogP contribution in [0.1, 0.15) is 60.9 Å². The fourth-order valence-corrected chi connectivity index (χ4v) is 3.76. The first-order valence-corrected chi connectivity index (χ1v) is 8.92. The lowest BCUT2D eigenvalue weighted by Gasteiger charge is -2.15. The van der Waals surface area contributed by atoms with E-state index < -0.39 is 0 Å². The quantitative estimate of drug-likeness (QED) is 0.578. The monoisotopic (exact) mass is 303 g/mol. The molecule has 23 heavy (non-hydrogen) atoms. The van der Waals surface area contributed by atoms with Crippen molar-refractivity contribution in [2.75, 3.05) is 0 Å². The normalized spacial score (nSPS) is 13.1. The third-order valence-corrected chi connectivity index (χ3v) is 4.60. The van der Waals surface area contributed by atoms with Crippen molar-refractivity contribution in [1.29, 1.82) is 0 Å². The maximum absolute atomic E-state index is 2.42. The van der Waals surface area contributed by atoms with Crippen LogP contribution >= 0.6 is 0 Å². The summed E-state index contributed by atoms with van der Waals surface area (Å²) in [6, 6.07) is 11.6. The molecular formula is C23H27. The fraction of sp³-hybridized carbons (Fsp3) is 0.348. The highest BCUT2D eigenvalue weighted by Crippen LogP contribution is 2.39. The molecule has 0 heteroatoms. The van der Waals surface area contributed by atoms with E-state index in [0.29, 0.717) is 0 Å². The molecule has 0 bridgehead atoms. The van der Waals surface area contributed by atoms with E-state index >= 15 is 0 Å². The molecule has 1 radical (unpaired) electrons. The Morgan fingerprint density at radius 1 is 0.826 bits per heavy atom. The molecule has 0 atom stereocenters. The van der Waals surface area contributed by atoms with E-state index in [9.17, 15) is 0 Å². The molecule has 1 aliphatic rings. The molecule has 0 heterocycles. The Morgan fingerprint density at radius 3 is 2.17 bits per heavy atom. The summed E-state index contributed by atoms with van der Waals surface area (Å²) in [6.45, 7) is 8.92. The SMILES string of the molecule is CCCC1=Cc2c(ccc(CCC)c2-c2cc(C)cc(C)c2)[CH]1. The molecular weight excluding hydrogens is 276 g/mol. The predicted octanol–water partition coefficient (Wildman–Crippen LogP) is 6.67. The van der Waals surface area contributed by atoms with Gasteiger partial charge in [-0.2, -0.15) is 0 Å². The third kappa shape index (κ3) is 3.27. The molecule has 3 rings (SSSR count). The summed E-state index contributed by atoms with van der Waals surface area (Å²) in [5.74, 6) is 0. The van der Waals surface area contributed by atoms with Crippen molar-refractivity contribution in [1.82, 2.24) is 0 Å². The molecule has 0 amide bonds. The van der Waals surface area contributed by atoms with Gasteiger partial charge in [-0.25, -0.2) is 0 Å². The Kier molecular flexibility index (Phi) is 4.71. The minimum Gasteiger partial charge on any atom is -0.0651 e. The second kappa shape index (κ2) is 6.74. The molecule has 1 aliphatic carbocycles. The van der Waals surface area contributed by atoms with Crippen LogP contribution in [-0.4, -0.2) is 0 Å². The molecule has 0 saturated carbocycles. The third-order valence-electron chi connectivity index (χ3n) is 4.60. The Bertz CT molecular complexity index is 727. The van der Waals surface area contributed by atoms with Crippen LogP contribution in [0.15, 0.2) is 35.9 Å². The van der Waals surface area contributed by atoms with Gasteiger partial charge in [-0.1, -0.05) is 79.8 Å². The van der Waals surface area contributed by atoms with Gasteiger partial charge < -0.3 is 0 Å². The summed E-state index contributed by atoms with van der Waals surface area (Å²) >= 11 is 0. The first kappa shape index (κ1) is 16.1. The van der Waals surface area contributed by atoms with Crippen LogP contribution in [0, 0.1) is 20.3 Å². The van der Waals surface area contributed by atoms with Gasteiger partial charge in [-0.05, 0) is 54.5 Å². The lowest BCUT2D eigenvalue weighted by Crippen LogP contribution is -1.96. The van der Waals surface area contributed by atoms with Crippen LogP contribution in [0.25, 0.3) is 17.2 Å². The summed E-state index contributed by atoms with van der Waals surface area (Å²) < 4.78 is 0. The number of hydrogen-bond donors (Lipinski definition) is 0. The minimum atomic E-state index is 1.15. The van der Waals surface area contributed by atoms with Gasteiger partial charge in [0.05, 0.1) is 0 Å². The van der Waals surface area contributed by atoms with E-state index in [1.807, 2.05) is 0 Å². The van der Waals surface area contributed by atoms with E-state index in [2.05, 4.69) is 70.5 Å². The van der Waals surface area contributed by atoms with Crippen molar-refractivity contribution in [3.8, 4) is 11.1 Å². The zero-order chi connectivity index (χ0) is 16.4.